The van der Waals surface area contributed by atoms with Crippen molar-refractivity contribution in [2.45, 2.75) is 37.7 Å². The van der Waals surface area contributed by atoms with Gasteiger partial charge in [-0.2, -0.15) is 4.98 Å². The Morgan fingerprint density at radius 1 is 1.24 bits per heavy atom. The molecule has 1 aliphatic rings. The molecule has 0 spiro atoms. The SMILES string of the molecule is COC1(c2noc(-c3ccc(CCN)cc3)n2)CCCC1. The molecule has 0 radical (unpaired) electrons. The minimum absolute atomic E-state index is 0.360. The second-order valence-electron chi connectivity index (χ2n) is 5.56. The molecule has 5 nitrogen and oxygen atoms in total. The van der Waals surface area contributed by atoms with Crippen molar-refractivity contribution < 1.29 is 9.26 Å². The van der Waals surface area contributed by atoms with Crippen LogP contribution in [0.25, 0.3) is 11.5 Å². The normalized spacial score (nSPS) is 17.2. The van der Waals surface area contributed by atoms with Crippen molar-refractivity contribution >= 4 is 0 Å². The van der Waals surface area contributed by atoms with Gasteiger partial charge in [0.15, 0.2) is 0 Å². The zero-order valence-corrected chi connectivity index (χ0v) is 12.3. The van der Waals surface area contributed by atoms with Crippen LogP contribution in [0.2, 0.25) is 0 Å². The molecule has 5 heteroatoms. The minimum atomic E-state index is -0.360. The molecule has 0 atom stereocenters. The number of nitrogens with two attached hydrogens (primary N) is 1. The minimum Gasteiger partial charge on any atom is -0.370 e. The second-order valence-corrected chi connectivity index (χ2v) is 5.56. The topological polar surface area (TPSA) is 74.2 Å². The average Bonchev–Trinajstić information content (AvgIpc) is 3.18. The van der Waals surface area contributed by atoms with E-state index in [2.05, 4.69) is 10.1 Å². The van der Waals surface area contributed by atoms with Gasteiger partial charge in [0, 0.05) is 12.7 Å². The molecular formula is C16H21N3O2. The summed E-state index contributed by atoms with van der Waals surface area (Å²) in [6.45, 7) is 0.653. The molecule has 2 N–H and O–H groups in total. The third kappa shape index (κ3) is 2.71. The first kappa shape index (κ1) is 14.2. The molecule has 1 aliphatic carbocycles. The van der Waals surface area contributed by atoms with Gasteiger partial charge in [0.2, 0.25) is 5.82 Å². The van der Waals surface area contributed by atoms with Crippen LogP contribution in [0, 0.1) is 0 Å². The Bertz CT molecular complexity index is 586. The molecule has 1 saturated carbocycles. The Morgan fingerprint density at radius 3 is 2.57 bits per heavy atom. The summed E-state index contributed by atoms with van der Waals surface area (Å²) in [7, 11) is 1.73. The van der Waals surface area contributed by atoms with E-state index >= 15 is 0 Å². The van der Waals surface area contributed by atoms with Gasteiger partial charge in [0.25, 0.3) is 5.89 Å². The fourth-order valence-electron chi connectivity index (χ4n) is 2.97. The molecule has 0 amide bonds. The molecule has 21 heavy (non-hydrogen) atoms. The second kappa shape index (κ2) is 5.95. The summed E-state index contributed by atoms with van der Waals surface area (Å²) < 4.78 is 11.1. The van der Waals surface area contributed by atoms with Crippen molar-refractivity contribution in [3.8, 4) is 11.5 Å². The van der Waals surface area contributed by atoms with E-state index in [0.717, 1.165) is 37.7 Å². The third-order valence-electron chi connectivity index (χ3n) is 4.27. The van der Waals surface area contributed by atoms with Gasteiger partial charge in [0.05, 0.1) is 0 Å². The molecule has 1 heterocycles. The summed E-state index contributed by atoms with van der Waals surface area (Å²) in [6.07, 6.45) is 5.08. The molecule has 0 saturated heterocycles. The van der Waals surface area contributed by atoms with E-state index < -0.39 is 0 Å². The van der Waals surface area contributed by atoms with Gasteiger partial charge in [-0.05, 0) is 56.3 Å². The summed E-state index contributed by atoms with van der Waals surface area (Å²) in [5.74, 6) is 1.22. The summed E-state index contributed by atoms with van der Waals surface area (Å²) in [5.41, 5.74) is 7.34. The van der Waals surface area contributed by atoms with Crippen LogP contribution in [0.3, 0.4) is 0 Å². The maximum atomic E-state index is 5.69. The van der Waals surface area contributed by atoms with E-state index in [0.29, 0.717) is 18.3 Å². The Labute approximate surface area is 124 Å². The van der Waals surface area contributed by atoms with Crippen LogP contribution in [0.1, 0.15) is 37.1 Å². The van der Waals surface area contributed by atoms with Gasteiger partial charge < -0.3 is 15.0 Å². The summed E-state index contributed by atoms with van der Waals surface area (Å²) in [4.78, 5) is 4.55. The molecule has 1 aromatic heterocycles. The van der Waals surface area contributed by atoms with E-state index in [1.54, 1.807) is 7.11 Å². The Hall–Kier alpha value is -1.72. The van der Waals surface area contributed by atoms with Crippen molar-refractivity contribution in [3.05, 3.63) is 35.7 Å². The fourth-order valence-corrected chi connectivity index (χ4v) is 2.97. The number of ether oxygens (including phenoxy) is 1. The molecule has 2 aromatic rings. The van der Waals surface area contributed by atoms with Gasteiger partial charge >= 0.3 is 0 Å². The average molecular weight is 287 g/mol. The first-order valence-electron chi connectivity index (χ1n) is 7.46. The van der Waals surface area contributed by atoms with Crippen LogP contribution in [-0.4, -0.2) is 23.8 Å². The molecule has 1 aromatic carbocycles. The lowest BCUT2D eigenvalue weighted by Crippen LogP contribution is -2.25. The third-order valence-corrected chi connectivity index (χ3v) is 4.27. The van der Waals surface area contributed by atoms with Gasteiger partial charge in [-0.3, -0.25) is 0 Å². The summed E-state index contributed by atoms with van der Waals surface area (Å²) in [6, 6.07) is 8.09. The lowest BCUT2D eigenvalue weighted by Gasteiger charge is -2.22. The standard InChI is InChI=1S/C16H21N3O2/c1-20-16(9-2-3-10-16)15-18-14(21-19-15)13-6-4-12(5-7-13)8-11-17/h4-7H,2-3,8-11,17H2,1H3. The number of aromatic nitrogens is 2. The number of hydrogen-bond donors (Lipinski definition) is 1. The van der Waals surface area contributed by atoms with Gasteiger partial charge in [-0.25, -0.2) is 0 Å². The Morgan fingerprint density at radius 2 is 1.95 bits per heavy atom. The molecule has 0 unspecified atom stereocenters. The number of hydrogen-bond acceptors (Lipinski definition) is 5. The summed E-state index contributed by atoms with van der Waals surface area (Å²) >= 11 is 0. The van der Waals surface area contributed by atoms with E-state index in [-0.39, 0.29) is 5.60 Å². The van der Waals surface area contributed by atoms with Crippen LogP contribution >= 0.6 is 0 Å². The maximum absolute atomic E-state index is 5.69. The number of rotatable bonds is 5. The van der Waals surface area contributed by atoms with Crippen LogP contribution in [0.4, 0.5) is 0 Å². The Kier molecular flexibility index (Phi) is 4.03. The number of methoxy groups -OCH3 is 1. The quantitative estimate of drug-likeness (QED) is 0.915. The predicted octanol–water partition coefficient (Wildman–Crippen LogP) is 2.65. The van der Waals surface area contributed by atoms with Gasteiger partial charge in [0.1, 0.15) is 5.60 Å². The highest BCUT2D eigenvalue weighted by Gasteiger charge is 2.40. The van der Waals surface area contributed by atoms with E-state index in [9.17, 15) is 0 Å². The molecular weight excluding hydrogens is 266 g/mol. The van der Waals surface area contributed by atoms with Crippen molar-refractivity contribution in [1.29, 1.82) is 0 Å². The first-order valence-corrected chi connectivity index (χ1v) is 7.46. The molecule has 3 rings (SSSR count). The van der Waals surface area contributed by atoms with Crippen LogP contribution in [0.5, 0.6) is 0 Å². The monoisotopic (exact) mass is 287 g/mol. The van der Waals surface area contributed by atoms with E-state index in [4.69, 9.17) is 15.0 Å². The molecule has 1 fully saturated rings. The Balaban J connectivity index is 1.84. The number of nitrogens with zero attached hydrogens (tertiary/aromatic N) is 2. The molecule has 0 aliphatic heterocycles. The van der Waals surface area contributed by atoms with Crippen molar-refractivity contribution in [2.75, 3.05) is 13.7 Å². The van der Waals surface area contributed by atoms with E-state index in [1.165, 1.54) is 5.56 Å². The van der Waals surface area contributed by atoms with Crippen molar-refractivity contribution in [3.63, 3.8) is 0 Å². The lowest BCUT2D eigenvalue weighted by molar-refractivity contribution is -0.0178. The van der Waals surface area contributed by atoms with Gasteiger partial charge in [-0.15, -0.1) is 0 Å². The highest BCUT2D eigenvalue weighted by Crippen LogP contribution is 2.40. The number of benzene rings is 1. The maximum Gasteiger partial charge on any atom is 0.258 e. The summed E-state index contributed by atoms with van der Waals surface area (Å²) in [5, 5.41) is 4.15. The highest BCUT2D eigenvalue weighted by atomic mass is 16.5. The smallest absolute Gasteiger partial charge is 0.258 e. The highest BCUT2D eigenvalue weighted by molar-refractivity contribution is 5.53. The predicted molar refractivity (Wildman–Crippen MR) is 79.6 cm³/mol. The van der Waals surface area contributed by atoms with Gasteiger partial charge in [-0.1, -0.05) is 17.3 Å². The van der Waals surface area contributed by atoms with Crippen LogP contribution < -0.4 is 5.73 Å². The lowest BCUT2D eigenvalue weighted by atomic mass is 10.0. The van der Waals surface area contributed by atoms with E-state index in [1.807, 2.05) is 24.3 Å². The molecule has 112 valence electrons. The first-order chi connectivity index (χ1) is 10.3. The van der Waals surface area contributed by atoms with Crippen molar-refractivity contribution in [2.24, 2.45) is 5.73 Å². The fraction of sp³-hybridized carbons (Fsp3) is 0.500. The largest absolute Gasteiger partial charge is 0.370 e. The molecule has 0 bridgehead atoms. The van der Waals surface area contributed by atoms with Crippen LogP contribution in [-0.2, 0) is 16.8 Å². The zero-order chi connectivity index (χ0) is 14.7. The van der Waals surface area contributed by atoms with Crippen LogP contribution in [0.15, 0.2) is 28.8 Å². The zero-order valence-electron chi connectivity index (χ0n) is 12.3. The van der Waals surface area contributed by atoms with Crippen molar-refractivity contribution in [1.82, 2.24) is 10.1 Å².